The van der Waals surface area contributed by atoms with Crippen LogP contribution in [0.15, 0.2) is 78.2 Å². The Labute approximate surface area is 193 Å². The lowest BCUT2D eigenvalue weighted by atomic mass is 9.96. The molecule has 166 valence electrons. The summed E-state index contributed by atoms with van der Waals surface area (Å²) in [4.78, 5) is 28.6. The van der Waals surface area contributed by atoms with Crippen LogP contribution in [-0.4, -0.2) is 42.5 Å². The van der Waals surface area contributed by atoms with Gasteiger partial charge >= 0.3 is 0 Å². The van der Waals surface area contributed by atoms with Gasteiger partial charge in [0.25, 0.3) is 5.91 Å². The van der Waals surface area contributed by atoms with E-state index >= 15 is 0 Å². The van der Waals surface area contributed by atoms with Gasteiger partial charge in [-0.05, 0) is 47.9 Å². The van der Waals surface area contributed by atoms with Gasteiger partial charge in [0.05, 0.1) is 11.5 Å². The van der Waals surface area contributed by atoms with Crippen molar-refractivity contribution in [3.63, 3.8) is 0 Å². The molecule has 0 bridgehead atoms. The van der Waals surface area contributed by atoms with Crippen LogP contribution >= 0.6 is 11.3 Å². The van der Waals surface area contributed by atoms with Crippen molar-refractivity contribution in [1.29, 1.82) is 0 Å². The third-order valence-electron chi connectivity index (χ3n) is 5.79. The fourth-order valence-corrected chi connectivity index (χ4v) is 4.59. The van der Waals surface area contributed by atoms with Gasteiger partial charge in [0.15, 0.2) is 0 Å². The summed E-state index contributed by atoms with van der Waals surface area (Å²) in [5.74, 6) is 1.10. The molecule has 0 aliphatic carbocycles. The summed E-state index contributed by atoms with van der Waals surface area (Å²) in [6.07, 6.45) is 2.28. The van der Waals surface area contributed by atoms with Crippen LogP contribution in [0.5, 0.6) is 5.75 Å². The number of thiophene rings is 1. The van der Waals surface area contributed by atoms with Crippen molar-refractivity contribution in [3.8, 4) is 5.75 Å². The molecule has 3 aromatic rings. The molecule has 2 heterocycles. The number of benzene rings is 2. The van der Waals surface area contributed by atoms with Gasteiger partial charge < -0.3 is 15.0 Å². The molecule has 2 amide bonds. The molecule has 0 saturated carbocycles. The smallest absolute Gasteiger partial charge is 0.262 e. The molecule has 5 nitrogen and oxygen atoms in total. The number of carbonyl (C=O) groups is 2. The molecule has 1 aliphatic rings. The summed E-state index contributed by atoms with van der Waals surface area (Å²) in [5.41, 5.74) is 1.03. The number of likely N-dealkylation sites (tertiary alicyclic amines) is 1. The van der Waals surface area contributed by atoms with Gasteiger partial charge in [-0.3, -0.25) is 9.59 Å². The van der Waals surface area contributed by atoms with Gasteiger partial charge in [-0.2, -0.15) is 0 Å². The Hall–Kier alpha value is -3.12. The van der Waals surface area contributed by atoms with Crippen LogP contribution in [0.2, 0.25) is 0 Å². The van der Waals surface area contributed by atoms with Gasteiger partial charge in [-0.15, -0.1) is 11.3 Å². The van der Waals surface area contributed by atoms with Crippen molar-refractivity contribution in [2.45, 2.75) is 25.3 Å². The van der Waals surface area contributed by atoms with Crippen molar-refractivity contribution in [1.82, 2.24) is 10.2 Å². The Morgan fingerprint density at radius 1 is 0.969 bits per heavy atom. The minimum Gasteiger partial charge on any atom is -0.493 e. The van der Waals surface area contributed by atoms with Crippen LogP contribution in [0.4, 0.5) is 0 Å². The summed E-state index contributed by atoms with van der Waals surface area (Å²) in [6.45, 7) is 2.03. The molecule has 32 heavy (non-hydrogen) atoms. The first-order chi connectivity index (χ1) is 15.7. The summed E-state index contributed by atoms with van der Waals surface area (Å²) < 4.78 is 5.90. The highest BCUT2D eigenvalue weighted by Crippen LogP contribution is 2.21. The fraction of sp³-hybridized carbons (Fsp3) is 0.308. The molecule has 0 spiro atoms. The first-order valence-corrected chi connectivity index (χ1v) is 11.9. The molecule has 1 saturated heterocycles. The number of nitrogens with zero attached hydrogens (tertiary/aromatic N) is 1. The second-order valence-electron chi connectivity index (χ2n) is 8.09. The van der Waals surface area contributed by atoms with Crippen molar-refractivity contribution in [2.24, 2.45) is 5.92 Å². The van der Waals surface area contributed by atoms with E-state index in [4.69, 9.17) is 4.74 Å². The molecule has 6 heteroatoms. The molecule has 1 aromatic heterocycles. The van der Waals surface area contributed by atoms with Crippen molar-refractivity contribution >= 4 is 23.2 Å². The summed E-state index contributed by atoms with van der Waals surface area (Å²) in [5, 5.41) is 4.84. The zero-order valence-corrected chi connectivity index (χ0v) is 18.8. The van der Waals surface area contributed by atoms with E-state index in [9.17, 15) is 9.59 Å². The lowest BCUT2D eigenvalue weighted by molar-refractivity contribution is -0.134. The number of rotatable bonds is 8. The van der Waals surface area contributed by atoms with E-state index in [1.807, 2.05) is 77.0 Å². The van der Waals surface area contributed by atoms with Gasteiger partial charge in [-0.25, -0.2) is 0 Å². The van der Waals surface area contributed by atoms with E-state index in [-0.39, 0.29) is 11.8 Å². The highest BCUT2D eigenvalue weighted by atomic mass is 32.1. The molecule has 1 N–H and O–H groups in total. The molecular formula is C26H28N2O3S. The molecule has 2 aromatic carbocycles. The predicted molar refractivity (Wildman–Crippen MR) is 127 cm³/mol. The van der Waals surface area contributed by atoms with Gasteiger partial charge in [0.1, 0.15) is 11.8 Å². The average Bonchev–Trinajstić information content (AvgIpc) is 3.39. The van der Waals surface area contributed by atoms with Crippen LogP contribution in [0.25, 0.3) is 0 Å². The normalized spacial score (nSPS) is 15.2. The number of nitrogens with one attached hydrogen (secondary N) is 1. The average molecular weight is 449 g/mol. The Balaban J connectivity index is 1.35. The highest BCUT2D eigenvalue weighted by Gasteiger charge is 2.30. The number of carbonyl (C=O) groups excluding carboxylic acids is 2. The number of piperidine rings is 1. The van der Waals surface area contributed by atoms with Crippen LogP contribution in [0.1, 0.15) is 28.1 Å². The zero-order valence-electron chi connectivity index (χ0n) is 18.0. The van der Waals surface area contributed by atoms with Gasteiger partial charge in [-0.1, -0.05) is 54.6 Å². The molecule has 4 rings (SSSR count). The summed E-state index contributed by atoms with van der Waals surface area (Å²) in [7, 11) is 0. The number of hydrogen-bond donors (Lipinski definition) is 1. The fourth-order valence-electron chi connectivity index (χ4n) is 3.96. The van der Waals surface area contributed by atoms with Crippen molar-refractivity contribution in [2.75, 3.05) is 19.7 Å². The minimum absolute atomic E-state index is 0.0128. The van der Waals surface area contributed by atoms with Crippen molar-refractivity contribution < 1.29 is 14.3 Å². The topological polar surface area (TPSA) is 58.6 Å². The minimum atomic E-state index is -0.580. The van der Waals surface area contributed by atoms with Crippen LogP contribution in [-0.2, 0) is 11.2 Å². The third-order valence-corrected chi connectivity index (χ3v) is 6.65. The van der Waals surface area contributed by atoms with Gasteiger partial charge in [0.2, 0.25) is 5.91 Å². The van der Waals surface area contributed by atoms with E-state index < -0.39 is 6.04 Å². The monoisotopic (exact) mass is 448 g/mol. The molecule has 1 aliphatic heterocycles. The highest BCUT2D eigenvalue weighted by molar-refractivity contribution is 7.12. The Morgan fingerprint density at radius 3 is 2.31 bits per heavy atom. The Kier molecular flexibility index (Phi) is 7.56. The number of amides is 2. The standard InChI is InChI=1S/C26H28N2O3S/c29-25(24-12-7-17-32-24)27-23(18-20-8-3-1-4-9-20)26(30)28-15-13-21(14-16-28)19-31-22-10-5-2-6-11-22/h1-12,17,21,23H,13-16,18-19H2,(H,27,29). The Bertz CT molecular complexity index is 984. The van der Waals surface area contributed by atoms with Crippen molar-refractivity contribution in [3.05, 3.63) is 88.6 Å². The quantitative estimate of drug-likeness (QED) is 0.555. The molecular weight excluding hydrogens is 420 g/mol. The first kappa shape index (κ1) is 22.1. The maximum absolute atomic E-state index is 13.4. The number of para-hydroxylation sites is 1. The van der Waals surface area contributed by atoms with Crippen LogP contribution in [0.3, 0.4) is 0 Å². The second kappa shape index (κ2) is 11.0. The maximum atomic E-state index is 13.4. The maximum Gasteiger partial charge on any atom is 0.262 e. The largest absolute Gasteiger partial charge is 0.493 e. The second-order valence-corrected chi connectivity index (χ2v) is 9.03. The van der Waals surface area contributed by atoms with E-state index in [0.29, 0.717) is 36.9 Å². The summed E-state index contributed by atoms with van der Waals surface area (Å²) in [6, 6.07) is 22.7. The lowest BCUT2D eigenvalue weighted by Gasteiger charge is -2.34. The van der Waals surface area contributed by atoms with Gasteiger partial charge in [0, 0.05) is 19.5 Å². The molecule has 1 unspecified atom stereocenters. The summed E-state index contributed by atoms with van der Waals surface area (Å²) >= 11 is 1.38. The Morgan fingerprint density at radius 2 is 1.66 bits per heavy atom. The first-order valence-electron chi connectivity index (χ1n) is 11.0. The van der Waals surface area contributed by atoms with Crippen LogP contribution < -0.4 is 10.1 Å². The molecule has 0 radical (unpaired) electrons. The van der Waals surface area contributed by atoms with E-state index in [2.05, 4.69) is 5.32 Å². The SMILES string of the molecule is O=C(NC(Cc1ccccc1)C(=O)N1CCC(COc2ccccc2)CC1)c1cccs1. The molecule has 1 fully saturated rings. The third kappa shape index (κ3) is 5.98. The van der Waals surface area contributed by atoms with E-state index in [0.717, 1.165) is 24.2 Å². The van der Waals surface area contributed by atoms with Crippen LogP contribution in [0, 0.1) is 5.92 Å². The van der Waals surface area contributed by atoms with E-state index in [1.54, 1.807) is 6.07 Å². The zero-order chi connectivity index (χ0) is 22.2. The lowest BCUT2D eigenvalue weighted by Crippen LogP contribution is -2.51. The number of hydrogen-bond acceptors (Lipinski definition) is 4. The molecule has 1 atom stereocenters. The van der Waals surface area contributed by atoms with E-state index in [1.165, 1.54) is 11.3 Å². The predicted octanol–water partition coefficient (Wildman–Crippen LogP) is 4.41. The number of ether oxygens (including phenoxy) is 1.